The largest absolute Gasteiger partial charge is 0.456 e. The fourth-order valence-electron chi connectivity index (χ4n) is 8.13. The third-order valence-electron chi connectivity index (χ3n) is 10.6. The van der Waals surface area contributed by atoms with Crippen molar-refractivity contribution in [3.63, 3.8) is 0 Å². The Kier molecular flexibility index (Phi) is 6.55. The summed E-state index contributed by atoms with van der Waals surface area (Å²) in [4.78, 5) is 2.39. The zero-order valence-electron chi connectivity index (χ0n) is 28.7. The molecule has 248 valence electrons. The molecule has 0 bridgehead atoms. The standard InChI is InChI=1S/C50H31NO2/c1-2-11-32(12-3-1)33-21-24-36(25-22-33)51(46-30-34-13-4-5-14-38(34)40-15-6-7-16-41(40)46)37-26-28-49-45(31-37)44-29-35(23-27-48(44)52-49)39-18-10-19-43-42-17-8-9-20-47(42)53-50(39)43/h1-31H. The number of rotatable bonds is 5. The van der Waals surface area contributed by atoms with Crippen LogP contribution in [0, 0.1) is 0 Å². The Morgan fingerprint density at radius 3 is 1.77 bits per heavy atom. The summed E-state index contributed by atoms with van der Waals surface area (Å²) in [6.07, 6.45) is 0. The van der Waals surface area contributed by atoms with Gasteiger partial charge in [-0.05, 0) is 87.4 Å². The first kappa shape index (κ1) is 29.6. The van der Waals surface area contributed by atoms with Gasteiger partial charge < -0.3 is 13.7 Å². The SMILES string of the molecule is c1ccc(-c2ccc(N(c3ccc4oc5ccc(-c6cccc7c6oc6ccccc67)cc5c4c3)c3cc4ccccc4c4ccccc34)cc2)cc1. The molecule has 0 atom stereocenters. The number of anilines is 3. The molecule has 53 heavy (non-hydrogen) atoms. The molecule has 0 N–H and O–H groups in total. The van der Waals surface area contributed by atoms with Crippen molar-refractivity contribution < 1.29 is 8.83 Å². The van der Waals surface area contributed by atoms with Crippen LogP contribution in [-0.2, 0) is 0 Å². The third kappa shape index (κ3) is 4.75. The molecule has 2 heterocycles. The quantitative estimate of drug-likeness (QED) is 0.170. The van der Waals surface area contributed by atoms with Crippen LogP contribution in [0.2, 0.25) is 0 Å². The molecule has 0 fully saturated rings. The van der Waals surface area contributed by atoms with Crippen LogP contribution in [0.25, 0.3) is 87.7 Å². The normalized spacial score (nSPS) is 11.8. The molecule has 0 spiro atoms. The lowest BCUT2D eigenvalue weighted by Crippen LogP contribution is -2.10. The predicted octanol–water partition coefficient (Wildman–Crippen LogP) is 14.6. The minimum atomic E-state index is 0.852. The second-order valence-electron chi connectivity index (χ2n) is 13.7. The van der Waals surface area contributed by atoms with Crippen LogP contribution in [0.5, 0.6) is 0 Å². The molecule has 0 aliphatic rings. The number of hydrogen-bond donors (Lipinski definition) is 0. The monoisotopic (exact) mass is 677 g/mol. The van der Waals surface area contributed by atoms with E-state index >= 15 is 0 Å². The minimum absolute atomic E-state index is 0.852. The average Bonchev–Trinajstić information content (AvgIpc) is 3.79. The smallest absolute Gasteiger partial charge is 0.143 e. The summed E-state index contributed by atoms with van der Waals surface area (Å²) in [6.45, 7) is 0. The van der Waals surface area contributed by atoms with Crippen molar-refractivity contribution in [1.82, 2.24) is 0 Å². The van der Waals surface area contributed by atoms with Crippen LogP contribution in [0.1, 0.15) is 0 Å². The fourth-order valence-corrected chi connectivity index (χ4v) is 8.13. The van der Waals surface area contributed by atoms with Crippen LogP contribution in [0.15, 0.2) is 197 Å². The Bertz CT molecular complexity index is 3170. The third-order valence-corrected chi connectivity index (χ3v) is 10.6. The van der Waals surface area contributed by atoms with Crippen LogP contribution >= 0.6 is 0 Å². The first-order valence-electron chi connectivity index (χ1n) is 18.0. The zero-order chi connectivity index (χ0) is 34.9. The van der Waals surface area contributed by atoms with E-state index in [4.69, 9.17) is 8.83 Å². The van der Waals surface area contributed by atoms with Gasteiger partial charge in [-0.3, -0.25) is 0 Å². The predicted molar refractivity (Wildman–Crippen MR) is 222 cm³/mol. The summed E-state index contributed by atoms with van der Waals surface area (Å²) >= 11 is 0. The number of nitrogens with zero attached hydrogens (tertiary/aromatic N) is 1. The molecular weight excluding hydrogens is 647 g/mol. The molecule has 0 aliphatic heterocycles. The van der Waals surface area contributed by atoms with E-state index in [1.54, 1.807) is 0 Å². The van der Waals surface area contributed by atoms with Gasteiger partial charge in [0.05, 0.1) is 5.69 Å². The minimum Gasteiger partial charge on any atom is -0.456 e. The molecule has 0 radical (unpaired) electrons. The average molecular weight is 678 g/mol. The molecule has 9 aromatic carbocycles. The second-order valence-corrected chi connectivity index (χ2v) is 13.7. The van der Waals surface area contributed by atoms with E-state index in [9.17, 15) is 0 Å². The summed E-state index contributed by atoms with van der Waals surface area (Å²) < 4.78 is 12.9. The molecule has 0 saturated heterocycles. The zero-order valence-corrected chi connectivity index (χ0v) is 28.7. The van der Waals surface area contributed by atoms with Crippen molar-refractivity contribution in [2.24, 2.45) is 0 Å². The van der Waals surface area contributed by atoms with E-state index in [1.807, 2.05) is 12.1 Å². The highest BCUT2D eigenvalue weighted by atomic mass is 16.3. The Labute approximate surface area is 305 Å². The van der Waals surface area contributed by atoms with Gasteiger partial charge in [0.1, 0.15) is 22.3 Å². The maximum Gasteiger partial charge on any atom is 0.143 e. The highest BCUT2D eigenvalue weighted by Gasteiger charge is 2.20. The summed E-state index contributed by atoms with van der Waals surface area (Å²) in [7, 11) is 0. The molecule has 0 aliphatic carbocycles. The number of hydrogen-bond acceptors (Lipinski definition) is 3. The molecule has 11 aromatic rings. The Morgan fingerprint density at radius 2 is 0.925 bits per heavy atom. The van der Waals surface area contributed by atoms with Crippen LogP contribution < -0.4 is 4.90 Å². The molecule has 11 rings (SSSR count). The molecule has 0 unspecified atom stereocenters. The van der Waals surface area contributed by atoms with Gasteiger partial charge in [0.2, 0.25) is 0 Å². The lowest BCUT2D eigenvalue weighted by molar-refractivity contribution is 0.668. The van der Waals surface area contributed by atoms with Gasteiger partial charge in [0.25, 0.3) is 0 Å². The Hall–Kier alpha value is -7.10. The molecule has 3 heteroatoms. The van der Waals surface area contributed by atoms with Crippen LogP contribution in [-0.4, -0.2) is 0 Å². The molecule has 3 nitrogen and oxygen atoms in total. The van der Waals surface area contributed by atoms with Crippen molar-refractivity contribution in [2.75, 3.05) is 4.90 Å². The van der Waals surface area contributed by atoms with Crippen molar-refractivity contribution in [1.29, 1.82) is 0 Å². The number of furan rings is 2. The lowest BCUT2D eigenvalue weighted by atomic mass is 9.98. The van der Waals surface area contributed by atoms with Gasteiger partial charge in [0.15, 0.2) is 0 Å². The second kappa shape index (κ2) is 11.7. The molecule has 0 amide bonds. The van der Waals surface area contributed by atoms with E-state index in [2.05, 4.69) is 181 Å². The highest BCUT2D eigenvalue weighted by molar-refractivity contribution is 6.16. The number of fused-ring (bicyclic) bond motifs is 9. The van der Waals surface area contributed by atoms with E-state index in [0.717, 1.165) is 72.1 Å². The van der Waals surface area contributed by atoms with Gasteiger partial charge in [-0.1, -0.05) is 133 Å². The van der Waals surface area contributed by atoms with Gasteiger partial charge in [-0.25, -0.2) is 0 Å². The summed E-state index contributed by atoms with van der Waals surface area (Å²) in [5.74, 6) is 0. The summed E-state index contributed by atoms with van der Waals surface area (Å²) in [5.41, 5.74) is 11.3. The van der Waals surface area contributed by atoms with E-state index in [-0.39, 0.29) is 0 Å². The first-order chi connectivity index (χ1) is 26.3. The Balaban J connectivity index is 1.12. The van der Waals surface area contributed by atoms with Crippen molar-refractivity contribution in [2.45, 2.75) is 0 Å². The van der Waals surface area contributed by atoms with Crippen LogP contribution in [0.3, 0.4) is 0 Å². The van der Waals surface area contributed by atoms with Gasteiger partial charge in [-0.2, -0.15) is 0 Å². The number of benzene rings is 9. The van der Waals surface area contributed by atoms with Crippen molar-refractivity contribution in [3.8, 4) is 22.3 Å². The summed E-state index contributed by atoms with van der Waals surface area (Å²) in [5, 5.41) is 9.24. The summed E-state index contributed by atoms with van der Waals surface area (Å²) in [6, 6.07) is 66.8. The van der Waals surface area contributed by atoms with Crippen molar-refractivity contribution >= 4 is 82.5 Å². The maximum atomic E-state index is 6.48. The van der Waals surface area contributed by atoms with Crippen LogP contribution in [0.4, 0.5) is 17.1 Å². The molecule has 2 aromatic heterocycles. The number of para-hydroxylation sites is 2. The van der Waals surface area contributed by atoms with Gasteiger partial charge in [-0.15, -0.1) is 0 Å². The maximum absolute atomic E-state index is 6.48. The van der Waals surface area contributed by atoms with Gasteiger partial charge >= 0.3 is 0 Å². The molecule has 0 saturated carbocycles. The first-order valence-corrected chi connectivity index (χ1v) is 18.0. The van der Waals surface area contributed by atoms with Gasteiger partial charge in [0, 0.05) is 43.9 Å². The molecular formula is C50H31NO2. The van der Waals surface area contributed by atoms with Crippen molar-refractivity contribution in [3.05, 3.63) is 188 Å². The fraction of sp³-hybridized carbons (Fsp3) is 0. The lowest BCUT2D eigenvalue weighted by Gasteiger charge is -2.28. The van der Waals surface area contributed by atoms with E-state index < -0.39 is 0 Å². The topological polar surface area (TPSA) is 29.5 Å². The highest BCUT2D eigenvalue weighted by Crippen LogP contribution is 2.45. The van der Waals surface area contributed by atoms with E-state index in [1.165, 1.54) is 32.7 Å². The Morgan fingerprint density at radius 1 is 0.321 bits per heavy atom. The van der Waals surface area contributed by atoms with E-state index in [0.29, 0.717) is 0 Å².